The molecule has 0 bridgehead atoms. The van der Waals surface area contributed by atoms with Crippen LogP contribution in [0.2, 0.25) is 0 Å². The number of piperidine rings is 1. The number of nitrogens with one attached hydrogen (secondary N) is 1. The van der Waals surface area contributed by atoms with E-state index in [4.69, 9.17) is 0 Å². The van der Waals surface area contributed by atoms with Crippen molar-refractivity contribution in [1.29, 1.82) is 0 Å². The summed E-state index contributed by atoms with van der Waals surface area (Å²) in [4.78, 5) is 51.6. The van der Waals surface area contributed by atoms with E-state index in [1.165, 1.54) is 0 Å². The van der Waals surface area contributed by atoms with Crippen LogP contribution in [0.4, 0.5) is 0 Å². The summed E-state index contributed by atoms with van der Waals surface area (Å²) in [6, 6.07) is 2.62. The number of imide groups is 2. The molecule has 0 saturated carbocycles. The molecule has 23 heavy (non-hydrogen) atoms. The summed E-state index contributed by atoms with van der Waals surface area (Å²) in [6.45, 7) is 1.48. The highest BCUT2D eigenvalue weighted by Crippen LogP contribution is 2.32. The Morgan fingerprint density at radius 3 is 2.09 bits per heavy atom. The molecule has 0 radical (unpaired) electrons. The minimum absolute atomic E-state index is 0.130. The molecular weight excluding hydrogens is 298 g/mol. The molecule has 1 aromatic carbocycles. The molecule has 0 aliphatic carbocycles. The number of nitrogens with zero attached hydrogens (tertiary/aromatic N) is 2. The van der Waals surface area contributed by atoms with Gasteiger partial charge in [0.05, 0.1) is 11.1 Å². The summed E-state index contributed by atoms with van der Waals surface area (Å²) in [7, 11) is 1.98. The number of carbonyl (C=O) groups excluding carboxylic acids is 4. The fourth-order valence-electron chi connectivity index (χ4n) is 3.54. The second-order valence-corrected chi connectivity index (χ2v) is 6.29. The third-order valence-electron chi connectivity index (χ3n) is 4.64. The molecule has 4 rings (SSSR count). The van der Waals surface area contributed by atoms with E-state index in [2.05, 4.69) is 10.2 Å². The van der Waals surface area contributed by atoms with E-state index in [9.17, 15) is 19.2 Å². The van der Waals surface area contributed by atoms with Crippen LogP contribution in [-0.4, -0.2) is 46.5 Å². The minimum atomic E-state index is -0.905. The highest BCUT2D eigenvalue weighted by molar-refractivity contribution is 6.23. The van der Waals surface area contributed by atoms with Gasteiger partial charge >= 0.3 is 0 Å². The van der Waals surface area contributed by atoms with Crippen LogP contribution in [0.15, 0.2) is 12.1 Å². The monoisotopic (exact) mass is 313 g/mol. The maximum absolute atomic E-state index is 12.6. The second-order valence-electron chi connectivity index (χ2n) is 6.29. The number of benzene rings is 1. The third-order valence-corrected chi connectivity index (χ3v) is 4.64. The third kappa shape index (κ3) is 2.00. The molecule has 7 heteroatoms. The van der Waals surface area contributed by atoms with Gasteiger partial charge in [-0.3, -0.25) is 34.3 Å². The largest absolute Gasteiger partial charge is 0.298 e. The van der Waals surface area contributed by atoms with Gasteiger partial charge in [0.15, 0.2) is 0 Å². The Morgan fingerprint density at radius 1 is 1.00 bits per heavy atom. The molecule has 0 aromatic heterocycles. The molecule has 1 saturated heterocycles. The van der Waals surface area contributed by atoms with Crippen LogP contribution in [0, 0.1) is 0 Å². The van der Waals surface area contributed by atoms with Gasteiger partial charge in [-0.05, 0) is 36.7 Å². The molecule has 1 N–H and O–H groups in total. The number of carbonyl (C=O) groups is 4. The van der Waals surface area contributed by atoms with Crippen LogP contribution in [0.5, 0.6) is 0 Å². The Balaban J connectivity index is 1.71. The fraction of sp³-hybridized carbons (Fsp3) is 0.375. The topological polar surface area (TPSA) is 86.8 Å². The highest BCUT2D eigenvalue weighted by Gasteiger charge is 2.45. The number of hydrogen-bond acceptors (Lipinski definition) is 5. The van der Waals surface area contributed by atoms with Gasteiger partial charge < -0.3 is 0 Å². The lowest BCUT2D eigenvalue weighted by atomic mass is 10.0. The summed E-state index contributed by atoms with van der Waals surface area (Å²) in [5.41, 5.74) is 2.79. The second kappa shape index (κ2) is 4.73. The Morgan fingerprint density at radius 2 is 1.57 bits per heavy atom. The van der Waals surface area contributed by atoms with Gasteiger partial charge in [0, 0.05) is 19.5 Å². The molecule has 1 aromatic rings. The first-order valence-corrected chi connectivity index (χ1v) is 7.51. The van der Waals surface area contributed by atoms with E-state index < -0.39 is 23.8 Å². The molecule has 3 heterocycles. The van der Waals surface area contributed by atoms with Crippen molar-refractivity contribution < 1.29 is 19.2 Å². The van der Waals surface area contributed by atoms with E-state index in [1.54, 1.807) is 12.1 Å². The van der Waals surface area contributed by atoms with E-state index in [-0.39, 0.29) is 18.7 Å². The maximum atomic E-state index is 12.6. The molecule has 7 nitrogen and oxygen atoms in total. The van der Waals surface area contributed by atoms with Crippen molar-refractivity contribution in [2.45, 2.75) is 32.0 Å². The van der Waals surface area contributed by atoms with Crippen molar-refractivity contribution in [3.05, 3.63) is 34.4 Å². The Kier molecular flexibility index (Phi) is 2.89. The lowest BCUT2D eigenvalue weighted by Crippen LogP contribution is -2.54. The van der Waals surface area contributed by atoms with Crippen molar-refractivity contribution in [2.75, 3.05) is 7.05 Å². The van der Waals surface area contributed by atoms with Crippen molar-refractivity contribution in [1.82, 2.24) is 15.1 Å². The van der Waals surface area contributed by atoms with Gasteiger partial charge in [-0.15, -0.1) is 0 Å². The van der Waals surface area contributed by atoms with E-state index >= 15 is 0 Å². The van der Waals surface area contributed by atoms with Crippen LogP contribution in [0.3, 0.4) is 0 Å². The van der Waals surface area contributed by atoms with E-state index in [0.29, 0.717) is 11.1 Å². The predicted molar refractivity (Wildman–Crippen MR) is 78.3 cm³/mol. The molecular formula is C16H15N3O4. The molecule has 4 amide bonds. The summed E-state index contributed by atoms with van der Waals surface area (Å²) < 4.78 is 0. The predicted octanol–water partition coefficient (Wildman–Crippen LogP) is 0.0332. The first-order valence-electron chi connectivity index (χ1n) is 7.51. The van der Waals surface area contributed by atoms with Gasteiger partial charge in [0.2, 0.25) is 11.8 Å². The summed E-state index contributed by atoms with van der Waals surface area (Å²) in [6.07, 6.45) is 0.309. The minimum Gasteiger partial charge on any atom is -0.298 e. The smallest absolute Gasteiger partial charge is 0.262 e. The number of hydrogen-bond donors (Lipinski definition) is 1. The van der Waals surface area contributed by atoms with Gasteiger partial charge in [-0.1, -0.05) is 0 Å². The first kappa shape index (κ1) is 14.1. The van der Waals surface area contributed by atoms with Crippen molar-refractivity contribution in [3.8, 4) is 0 Å². The highest BCUT2D eigenvalue weighted by atomic mass is 16.2. The molecule has 0 spiro atoms. The zero-order valence-corrected chi connectivity index (χ0v) is 12.6. The van der Waals surface area contributed by atoms with Crippen molar-refractivity contribution in [2.24, 2.45) is 0 Å². The molecule has 1 fully saturated rings. The summed E-state index contributed by atoms with van der Waals surface area (Å²) in [5.74, 6) is -1.85. The Labute approximate surface area is 132 Å². The quantitative estimate of drug-likeness (QED) is 0.739. The molecule has 3 aliphatic rings. The zero-order chi connectivity index (χ0) is 16.3. The number of amides is 4. The van der Waals surface area contributed by atoms with E-state index in [1.807, 2.05) is 7.05 Å². The van der Waals surface area contributed by atoms with Crippen LogP contribution in [0.25, 0.3) is 0 Å². The molecule has 1 atom stereocenters. The molecule has 0 unspecified atom stereocenters. The lowest BCUT2D eigenvalue weighted by Gasteiger charge is -2.27. The van der Waals surface area contributed by atoms with Gasteiger partial charge in [0.1, 0.15) is 6.04 Å². The molecule has 118 valence electrons. The Bertz CT molecular complexity index is 741. The van der Waals surface area contributed by atoms with Crippen LogP contribution < -0.4 is 5.32 Å². The Hall–Kier alpha value is -2.54. The SMILES string of the molecule is CN1Cc2cc3c(cc2C1)C(=O)N([C@@H]1CCC(=O)NC1=O)C3=O. The van der Waals surface area contributed by atoms with Crippen molar-refractivity contribution >= 4 is 23.6 Å². The fourth-order valence-corrected chi connectivity index (χ4v) is 3.54. The summed E-state index contributed by atoms with van der Waals surface area (Å²) >= 11 is 0. The number of rotatable bonds is 1. The van der Waals surface area contributed by atoms with Crippen LogP contribution in [0.1, 0.15) is 44.7 Å². The van der Waals surface area contributed by atoms with Gasteiger partial charge in [-0.25, -0.2) is 0 Å². The van der Waals surface area contributed by atoms with E-state index in [0.717, 1.165) is 29.1 Å². The average molecular weight is 313 g/mol. The number of fused-ring (bicyclic) bond motifs is 2. The van der Waals surface area contributed by atoms with Gasteiger partial charge in [-0.2, -0.15) is 0 Å². The van der Waals surface area contributed by atoms with Crippen molar-refractivity contribution in [3.63, 3.8) is 0 Å². The lowest BCUT2D eigenvalue weighted by molar-refractivity contribution is -0.136. The van der Waals surface area contributed by atoms with Crippen LogP contribution in [-0.2, 0) is 22.7 Å². The average Bonchev–Trinajstić information content (AvgIpc) is 2.96. The first-order chi connectivity index (χ1) is 11.0. The summed E-state index contributed by atoms with van der Waals surface area (Å²) in [5, 5.41) is 2.19. The zero-order valence-electron chi connectivity index (χ0n) is 12.6. The molecule has 3 aliphatic heterocycles. The van der Waals surface area contributed by atoms with Crippen LogP contribution >= 0.6 is 0 Å². The van der Waals surface area contributed by atoms with Gasteiger partial charge in [0.25, 0.3) is 11.8 Å². The standard InChI is InChI=1S/C16H15N3O4/c1-18-6-8-4-10-11(5-9(8)7-18)16(23)19(15(10)22)12-2-3-13(20)17-14(12)21/h4-5,12H,2-3,6-7H2,1H3,(H,17,20,21)/t12-/m1/s1. The maximum Gasteiger partial charge on any atom is 0.262 e. The normalized spacial score (nSPS) is 24.0.